The lowest BCUT2D eigenvalue weighted by molar-refractivity contribution is -0.226. The van der Waals surface area contributed by atoms with E-state index in [0.717, 1.165) is 23.6 Å². The van der Waals surface area contributed by atoms with E-state index in [1.807, 2.05) is 37.3 Å². The van der Waals surface area contributed by atoms with Crippen LogP contribution in [0, 0.1) is 0 Å². The van der Waals surface area contributed by atoms with Gasteiger partial charge in [0, 0.05) is 13.1 Å². The third-order valence-electron chi connectivity index (χ3n) is 5.02. The fraction of sp³-hybridized carbons (Fsp3) is 0.286. The first-order valence-electron chi connectivity index (χ1n) is 8.85. The molecule has 142 valence electrons. The molecular formula is C21H22Cl2N2O2. The molecule has 1 aliphatic heterocycles. The number of carbonyl (C=O) groups excluding carboxylic acids is 1. The fourth-order valence-electron chi connectivity index (χ4n) is 3.40. The van der Waals surface area contributed by atoms with Gasteiger partial charge in [-0.3, -0.25) is 14.9 Å². The van der Waals surface area contributed by atoms with Crippen molar-refractivity contribution in [3.63, 3.8) is 0 Å². The van der Waals surface area contributed by atoms with Crippen LogP contribution in [0.15, 0.2) is 60.7 Å². The minimum Gasteiger partial charge on any atom is -0.284 e. The zero-order valence-electron chi connectivity index (χ0n) is 15.1. The standard InChI is InChI=1S/C21H22Cl2N2O2/c1-21(17-10-4-2-5-11-17,24-13-6-3-7-14-24)25(27)19(26)15-16-9-8-12-18(22)20(16)23/h2-6,8-12,27H,7,13-15H2,1H3. The Bertz CT molecular complexity index is 841. The summed E-state index contributed by atoms with van der Waals surface area (Å²) in [5, 5.41) is 12.6. The second kappa shape index (κ2) is 8.44. The predicted octanol–water partition coefficient (Wildman–Crippen LogP) is 4.89. The quantitative estimate of drug-likeness (QED) is 0.438. The first kappa shape index (κ1) is 19.9. The molecule has 0 saturated carbocycles. The molecule has 0 radical (unpaired) electrons. The average Bonchev–Trinajstić information content (AvgIpc) is 2.71. The maximum atomic E-state index is 13.0. The third-order valence-corrected chi connectivity index (χ3v) is 5.87. The van der Waals surface area contributed by atoms with Gasteiger partial charge in [-0.2, -0.15) is 5.06 Å². The van der Waals surface area contributed by atoms with Gasteiger partial charge >= 0.3 is 0 Å². The van der Waals surface area contributed by atoms with Gasteiger partial charge in [0.05, 0.1) is 16.5 Å². The van der Waals surface area contributed by atoms with Gasteiger partial charge in [-0.15, -0.1) is 0 Å². The molecule has 1 atom stereocenters. The summed E-state index contributed by atoms with van der Waals surface area (Å²) in [4.78, 5) is 15.1. The molecular weight excluding hydrogens is 383 g/mol. The lowest BCUT2D eigenvalue weighted by atomic mass is 9.96. The average molecular weight is 405 g/mol. The van der Waals surface area contributed by atoms with Crippen LogP contribution in [0.25, 0.3) is 0 Å². The number of nitrogens with zero attached hydrogens (tertiary/aromatic N) is 2. The zero-order chi connectivity index (χ0) is 19.4. The van der Waals surface area contributed by atoms with Crippen LogP contribution in [0.5, 0.6) is 0 Å². The lowest BCUT2D eigenvalue weighted by Crippen LogP contribution is -2.58. The Labute approximate surface area is 169 Å². The minimum absolute atomic E-state index is 0.0397. The number of carbonyl (C=O) groups is 1. The van der Waals surface area contributed by atoms with Crippen molar-refractivity contribution in [2.45, 2.75) is 25.4 Å². The van der Waals surface area contributed by atoms with Crippen molar-refractivity contribution in [2.75, 3.05) is 13.1 Å². The van der Waals surface area contributed by atoms with E-state index < -0.39 is 11.6 Å². The van der Waals surface area contributed by atoms with Gasteiger partial charge in [0.15, 0.2) is 0 Å². The Morgan fingerprint density at radius 1 is 1.15 bits per heavy atom. The van der Waals surface area contributed by atoms with E-state index in [4.69, 9.17) is 23.2 Å². The Balaban J connectivity index is 1.93. The highest BCUT2D eigenvalue weighted by molar-refractivity contribution is 6.42. The van der Waals surface area contributed by atoms with E-state index in [0.29, 0.717) is 22.2 Å². The van der Waals surface area contributed by atoms with Gasteiger partial charge in [0.2, 0.25) is 0 Å². The number of rotatable bonds is 5. The molecule has 0 aromatic heterocycles. The molecule has 0 spiro atoms. The number of hydrogen-bond acceptors (Lipinski definition) is 3. The van der Waals surface area contributed by atoms with Crippen LogP contribution < -0.4 is 0 Å². The summed E-state index contributed by atoms with van der Waals surface area (Å²) in [5.74, 6) is -0.444. The minimum atomic E-state index is -0.992. The molecule has 2 aromatic rings. The molecule has 0 fully saturated rings. The fourth-order valence-corrected chi connectivity index (χ4v) is 3.78. The maximum absolute atomic E-state index is 13.0. The SMILES string of the molecule is CC(c1ccccc1)(N1CC=CCC1)N(O)C(=O)Cc1cccc(Cl)c1Cl. The van der Waals surface area contributed by atoms with Crippen molar-refractivity contribution >= 4 is 29.1 Å². The molecule has 27 heavy (non-hydrogen) atoms. The van der Waals surface area contributed by atoms with Crippen LogP contribution in [-0.4, -0.2) is 34.2 Å². The van der Waals surface area contributed by atoms with Gasteiger partial charge in [-0.1, -0.05) is 77.8 Å². The summed E-state index contributed by atoms with van der Waals surface area (Å²) in [5.41, 5.74) is 0.434. The van der Waals surface area contributed by atoms with Crippen LogP contribution in [0.4, 0.5) is 0 Å². The number of hydrogen-bond donors (Lipinski definition) is 1. The van der Waals surface area contributed by atoms with E-state index in [9.17, 15) is 10.0 Å². The molecule has 0 aliphatic carbocycles. The van der Waals surface area contributed by atoms with Gasteiger partial charge in [0.25, 0.3) is 5.91 Å². The third kappa shape index (κ3) is 4.04. The molecule has 4 nitrogen and oxygen atoms in total. The van der Waals surface area contributed by atoms with Gasteiger partial charge in [0.1, 0.15) is 5.66 Å². The van der Waals surface area contributed by atoms with Crippen molar-refractivity contribution in [3.05, 3.63) is 81.9 Å². The van der Waals surface area contributed by atoms with Crippen molar-refractivity contribution < 1.29 is 10.0 Å². The molecule has 1 amide bonds. The highest BCUT2D eigenvalue weighted by atomic mass is 35.5. The Hall–Kier alpha value is -1.85. The largest absolute Gasteiger partial charge is 0.284 e. The second-order valence-corrected chi connectivity index (χ2v) is 7.47. The van der Waals surface area contributed by atoms with E-state index in [2.05, 4.69) is 17.1 Å². The van der Waals surface area contributed by atoms with E-state index >= 15 is 0 Å². The number of benzene rings is 2. The zero-order valence-corrected chi connectivity index (χ0v) is 16.6. The van der Waals surface area contributed by atoms with Crippen molar-refractivity contribution in [1.29, 1.82) is 0 Å². The molecule has 2 aromatic carbocycles. The molecule has 1 N–H and O–H groups in total. The molecule has 3 rings (SSSR count). The Morgan fingerprint density at radius 3 is 2.56 bits per heavy atom. The predicted molar refractivity (Wildman–Crippen MR) is 108 cm³/mol. The summed E-state index contributed by atoms with van der Waals surface area (Å²) >= 11 is 12.3. The monoisotopic (exact) mass is 404 g/mol. The number of hydroxylamine groups is 2. The van der Waals surface area contributed by atoms with Crippen LogP contribution in [-0.2, 0) is 16.9 Å². The lowest BCUT2D eigenvalue weighted by Gasteiger charge is -2.46. The molecule has 1 aliphatic rings. The maximum Gasteiger partial charge on any atom is 0.252 e. The summed E-state index contributed by atoms with van der Waals surface area (Å²) in [6, 6.07) is 14.7. The number of amides is 1. The smallest absolute Gasteiger partial charge is 0.252 e. The summed E-state index contributed by atoms with van der Waals surface area (Å²) < 4.78 is 0. The number of halogens is 2. The normalized spacial score (nSPS) is 16.7. The molecule has 1 heterocycles. The van der Waals surface area contributed by atoms with Crippen LogP contribution in [0.2, 0.25) is 10.0 Å². The summed E-state index contributed by atoms with van der Waals surface area (Å²) in [6.07, 6.45) is 4.99. The van der Waals surface area contributed by atoms with E-state index in [-0.39, 0.29) is 6.42 Å². The molecule has 6 heteroatoms. The van der Waals surface area contributed by atoms with Crippen LogP contribution in [0.3, 0.4) is 0 Å². The Kier molecular flexibility index (Phi) is 6.22. The van der Waals surface area contributed by atoms with Crippen molar-refractivity contribution in [3.8, 4) is 0 Å². The van der Waals surface area contributed by atoms with E-state index in [1.165, 1.54) is 0 Å². The van der Waals surface area contributed by atoms with Crippen LogP contribution in [0.1, 0.15) is 24.5 Å². The first-order chi connectivity index (χ1) is 12.9. The van der Waals surface area contributed by atoms with Crippen molar-refractivity contribution in [2.24, 2.45) is 0 Å². The second-order valence-electron chi connectivity index (χ2n) is 6.69. The Morgan fingerprint density at radius 2 is 1.89 bits per heavy atom. The van der Waals surface area contributed by atoms with Gasteiger partial charge < -0.3 is 0 Å². The molecule has 0 bridgehead atoms. The topological polar surface area (TPSA) is 43.8 Å². The highest BCUT2D eigenvalue weighted by Gasteiger charge is 2.42. The summed E-state index contributed by atoms with van der Waals surface area (Å²) in [6.45, 7) is 3.25. The van der Waals surface area contributed by atoms with Gasteiger partial charge in [-0.05, 0) is 30.5 Å². The first-order valence-corrected chi connectivity index (χ1v) is 9.60. The molecule has 1 unspecified atom stereocenters. The van der Waals surface area contributed by atoms with E-state index in [1.54, 1.807) is 18.2 Å². The highest BCUT2D eigenvalue weighted by Crippen LogP contribution is 2.34. The van der Waals surface area contributed by atoms with Crippen molar-refractivity contribution in [1.82, 2.24) is 9.96 Å². The summed E-state index contributed by atoms with van der Waals surface area (Å²) in [7, 11) is 0. The van der Waals surface area contributed by atoms with Gasteiger partial charge in [-0.25, -0.2) is 0 Å². The molecule has 0 saturated heterocycles. The van der Waals surface area contributed by atoms with Crippen LogP contribution >= 0.6 is 23.2 Å².